The maximum atomic E-state index is 13.5. The van der Waals surface area contributed by atoms with Crippen molar-refractivity contribution in [2.45, 2.75) is 19.4 Å². The Kier molecular flexibility index (Phi) is 4.43. The van der Waals surface area contributed by atoms with Gasteiger partial charge in [-0.1, -0.05) is 31.2 Å². The van der Waals surface area contributed by atoms with Crippen LogP contribution >= 0.6 is 0 Å². The van der Waals surface area contributed by atoms with Gasteiger partial charge in [0.15, 0.2) is 0 Å². The van der Waals surface area contributed by atoms with Crippen molar-refractivity contribution in [1.82, 2.24) is 19.4 Å². The molecule has 5 rings (SSSR count). The van der Waals surface area contributed by atoms with E-state index in [0.717, 1.165) is 0 Å². The molecule has 7 heteroatoms. The number of imide groups is 1. The van der Waals surface area contributed by atoms with Crippen LogP contribution in [0.3, 0.4) is 0 Å². The van der Waals surface area contributed by atoms with Crippen molar-refractivity contribution in [3.05, 3.63) is 100 Å². The molecule has 0 unspecified atom stereocenters. The number of fused-ring (bicyclic) bond motifs is 2. The summed E-state index contributed by atoms with van der Waals surface area (Å²) in [6.45, 7) is 1.86. The highest BCUT2D eigenvalue weighted by atomic mass is 16.2. The molecular formula is C24H18N4O3. The van der Waals surface area contributed by atoms with Crippen LogP contribution in [0.15, 0.2) is 77.9 Å². The zero-order chi connectivity index (χ0) is 21.5. The minimum absolute atomic E-state index is 0.274. The molecule has 1 aliphatic rings. The van der Waals surface area contributed by atoms with Crippen molar-refractivity contribution in [2.75, 3.05) is 0 Å². The van der Waals surface area contributed by atoms with Crippen LogP contribution in [0.2, 0.25) is 0 Å². The minimum Gasteiger partial charge on any atom is -0.269 e. The molecular weight excluding hydrogens is 392 g/mol. The largest absolute Gasteiger partial charge is 0.269 e. The average molecular weight is 410 g/mol. The van der Waals surface area contributed by atoms with E-state index in [-0.39, 0.29) is 17.4 Å². The second-order valence-electron chi connectivity index (χ2n) is 7.29. The zero-order valence-electron chi connectivity index (χ0n) is 16.7. The van der Waals surface area contributed by atoms with Gasteiger partial charge in [0.2, 0.25) is 0 Å². The van der Waals surface area contributed by atoms with Crippen LogP contribution in [0.4, 0.5) is 0 Å². The van der Waals surface area contributed by atoms with Crippen molar-refractivity contribution in [2.24, 2.45) is 0 Å². The summed E-state index contributed by atoms with van der Waals surface area (Å²) in [7, 11) is 0. The van der Waals surface area contributed by atoms with Crippen LogP contribution in [-0.2, 0) is 0 Å². The lowest BCUT2D eigenvalue weighted by molar-refractivity contribution is 0.0568. The number of carbonyl (C=O) groups excluding carboxylic acids is 2. The normalized spacial score (nSPS) is 14.2. The van der Waals surface area contributed by atoms with Crippen molar-refractivity contribution in [1.29, 1.82) is 0 Å². The van der Waals surface area contributed by atoms with E-state index in [9.17, 15) is 14.4 Å². The smallest absolute Gasteiger partial charge is 0.266 e. The molecule has 0 radical (unpaired) electrons. The molecule has 1 aliphatic heterocycles. The summed E-state index contributed by atoms with van der Waals surface area (Å²) in [4.78, 5) is 49.9. The number of para-hydroxylation sites is 1. The number of rotatable bonds is 4. The molecule has 0 saturated heterocycles. The van der Waals surface area contributed by atoms with Crippen molar-refractivity contribution in [3.63, 3.8) is 0 Å². The Morgan fingerprint density at radius 1 is 0.871 bits per heavy atom. The second-order valence-corrected chi connectivity index (χ2v) is 7.29. The van der Waals surface area contributed by atoms with E-state index in [0.29, 0.717) is 40.0 Å². The fourth-order valence-corrected chi connectivity index (χ4v) is 4.08. The molecule has 0 spiro atoms. The molecule has 2 aromatic carbocycles. The highest BCUT2D eigenvalue weighted by Gasteiger charge is 2.41. The van der Waals surface area contributed by atoms with Gasteiger partial charge in [0, 0.05) is 6.20 Å². The molecule has 7 nitrogen and oxygen atoms in total. The Hall–Kier alpha value is -4.13. The summed E-state index contributed by atoms with van der Waals surface area (Å²) >= 11 is 0. The SMILES string of the molecule is CC[C@@H](c1nc2ccccc2c(=O)n1-c1cccnc1)N1C(=O)c2ccccc2C1=O. The number of hydrogen-bond acceptors (Lipinski definition) is 5. The summed E-state index contributed by atoms with van der Waals surface area (Å²) < 4.78 is 1.45. The van der Waals surface area contributed by atoms with Gasteiger partial charge < -0.3 is 0 Å². The predicted octanol–water partition coefficient (Wildman–Crippen LogP) is 3.53. The van der Waals surface area contributed by atoms with Crippen LogP contribution in [0, 0.1) is 0 Å². The third-order valence-corrected chi connectivity index (χ3v) is 5.53. The third-order valence-electron chi connectivity index (χ3n) is 5.53. The molecule has 31 heavy (non-hydrogen) atoms. The van der Waals surface area contributed by atoms with Gasteiger partial charge in [0.05, 0.1) is 40.0 Å². The van der Waals surface area contributed by atoms with Crippen LogP contribution in [-0.4, -0.2) is 31.2 Å². The molecule has 0 N–H and O–H groups in total. The van der Waals surface area contributed by atoms with Gasteiger partial charge in [-0.15, -0.1) is 0 Å². The fraction of sp³-hybridized carbons (Fsp3) is 0.125. The Bertz CT molecular complexity index is 1360. The van der Waals surface area contributed by atoms with Gasteiger partial charge in [-0.05, 0) is 42.8 Å². The van der Waals surface area contributed by atoms with E-state index in [1.807, 2.05) is 6.92 Å². The number of amides is 2. The Morgan fingerprint density at radius 3 is 2.19 bits per heavy atom. The third kappa shape index (κ3) is 2.85. The summed E-state index contributed by atoms with van der Waals surface area (Å²) in [6.07, 6.45) is 3.58. The second kappa shape index (κ2) is 7.28. The Morgan fingerprint density at radius 2 is 1.55 bits per heavy atom. The van der Waals surface area contributed by atoms with Gasteiger partial charge in [-0.2, -0.15) is 0 Å². The first-order chi connectivity index (χ1) is 15.1. The molecule has 4 aromatic rings. The van der Waals surface area contributed by atoms with Crippen molar-refractivity contribution < 1.29 is 9.59 Å². The number of nitrogens with zero attached hydrogens (tertiary/aromatic N) is 4. The quantitative estimate of drug-likeness (QED) is 0.481. The number of pyridine rings is 1. The first-order valence-corrected chi connectivity index (χ1v) is 10.0. The molecule has 3 heterocycles. The van der Waals surface area contributed by atoms with E-state index in [2.05, 4.69) is 4.98 Å². The molecule has 152 valence electrons. The maximum Gasteiger partial charge on any atom is 0.266 e. The number of benzene rings is 2. The van der Waals surface area contributed by atoms with E-state index < -0.39 is 6.04 Å². The summed E-state index contributed by atoms with van der Waals surface area (Å²) in [6, 6.07) is 16.6. The van der Waals surface area contributed by atoms with Gasteiger partial charge >= 0.3 is 0 Å². The molecule has 0 saturated carbocycles. The predicted molar refractivity (Wildman–Crippen MR) is 115 cm³/mol. The number of aromatic nitrogens is 3. The summed E-state index contributed by atoms with van der Waals surface area (Å²) in [5.41, 5.74) is 1.49. The Balaban J connectivity index is 1.77. The van der Waals surface area contributed by atoms with Crippen LogP contribution < -0.4 is 5.56 Å². The van der Waals surface area contributed by atoms with Crippen molar-refractivity contribution in [3.8, 4) is 5.69 Å². The van der Waals surface area contributed by atoms with Crippen LogP contribution in [0.5, 0.6) is 0 Å². The molecule has 2 aromatic heterocycles. The summed E-state index contributed by atoms with van der Waals surface area (Å²) in [5.74, 6) is -0.436. The Labute approximate surface area is 177 Å². The lowest BCUT2D eigenvalue weighted by Crippen LogP contribution is -2.38. The molecule has 1 atom stereocenters. The van der Waals surface area contributed by atoms with Crippen molar-refractivity contribution >= 4 is 22.7 Å². The highest BCUT2D eigenvalue weighted by Crippen LogP contribution is 2.33. The molecule has 0 fully saturated rings. The highest BCUT2D eigenvalue weighted by molar-refractivity contribution is 6.21. The first-order valence-electron chi connectivity index (χ1n) is 10.0. The summed E-state index contributed by atoms with van der Waals surface area (Å²) in [5, 5.41) is 0.451. The minimum atomic E-state index is -0.718. The maximum absolute atomic E-state index is 13.5. The monoisotopic (exact) mass is 410 g/mol. The topological polar surface area (TPSA) is 85.2 Å². The average Bonchev–Trinajstić information content (AvgIpc) is 3.06. The van der Waals surface area contributed by atoms with E-state index in [1.54, 1.807) is 73.1 Å². The number of carbonyl (C=O) groups is 2. The van der Waals surface area contributed by atoms with Gasteiger partial charge in [-0.25, -0.2) is 4.98 Å². The lowest BCUT2D eigenvalue weighted by Gasteiger charge is -2.27. The standard InChI is InChI=1S/C24H18N4O3/c1-2-20(28-22(29)16-9-3-4-10-17(16)23(28)30)21-26-19-12-6-5-11-18(19)24(31)27(21)15-8-7-13-25-14-15/h3-14,20H,2H2,1H3/t20-/m0/s1. The van der Waals surface area contributed by atoms with Gasteiger partial charge in [-0.3, -0.25) is 28.8 Å². The van der Waals surface area contributed by atoms with Crippen LogP contribution in [0.25, 0.3) is 16.6 Å². The lowest BCUT2D eigenvalue weighted by atomic mass is 10.1. The molecule has 0 aliphatic carbocycles. The van der Waals surface area contributed by atoms with E-state index >= 15 is 0 Å². The van der Waals surface area contributed by atoms with E-state index in [1.165, 1.54) is 9.47 Å². The van der Waals surface area contributed by atoms with Crippen LogP contribution in [0.1, 0.15) is 45.9 Å². The molecule has 2 amide bonds. The fourth-order valence-electron chi connectivity index (χ4n) is 4.08. The van der Waals surface area contributed by atoms with Gasteiger partial charge in [0.25, 0.3) is 17.4 Å². The van der Waals surface area contributed by atoms with E-state index in [4.69, 9.17) is 4.98 Å². The zero-order valence-corrected chi connectivity index (χ0v) is 16.7. The molecule has 0 bridgehead atoms. The number of hydrogen-bond donors (Lipinski definition) is 0. The first kappa shape index (κ1) is 18.9. The van der Waals surface area contributed by atoms with Gasteiger partial charge in [0.1, 0.15) is 5.82 Å².